The van der Waals surface area contributed by atoms with Gasteiger partial charge in [0.15, 0.2) is 5.58 Å². The summed E-state index contributed by atoms with van der Waals surface area (Å²) < 4.78 is 5.79. The summed E-state index contributed by atoms with van der Waals surface area (Å²) in [6.45, 7) is 2.23. The van der Waals surface area contributed by atoms with Crippen LogP contribution in [0.4, 0.5) is 5.69 Å². The number of aliphatic hydroxyl groups is 1. The van der Waals surface area contributed by atoms with Gasteiger partial charge in [0.1, 0.15) is 5.52 Å². The van der Waals surface area contributed by atoms with E-state index in [1.165, 1.54) is 0 Å². The second kappa shape index (κ2) is 5.35. The predicted molar refractivity (Wildman–Crippen MR) is 79.6 cm³/mol. The molecule has 4 nitrogen and oxygen atoms in total. The van der Waals surface area contributed by atoms with E-state index in [2.05, 4.69) is 10.3 Å². The Labute approximate surface area is 117 Å². The van der Waals surface area contributed by atoms with E-state index in [-0.39, 0.29) is 0 Å². The first-order valence-electron chi connectivity index (χ1n) is 6.61. The van der Waals surface area contributed by atoms with Crippen LogP contribution in [0.25, 0.3) is 22.6 Å². The van der Waals surface area contributed by atoms with Crippen LogP contribution >= 0.6 is 0 Å². The Bertz CT molecular complexity index is 686. The van der Waals surface area contributed by atoms with Gasteiger partial charge in [0.2, 0.25) is 5.89 Å². The van der Waals surface area contributed by atoms with Crippen molar-refractivity contribution in [3.8, 4) is 11.5 Å². The van der Waals surface area contributed by atoms with Crippen LogP contribution in [0.15, 0.2) is 52.9 Å². The summed E-state index contributed by atoms with van der Waals surface area (Å²) in [4.78, 5) is 4.50. The van der Waals surface area contributed by atoms with Crippen LogP contribution < -0.4 is 5.32 Å². The SMILES string of the molecule is CC(O)CNc1ccccc1-c1nc2ccccc2o1. The van der Waals surface area contributed by atoms with Gasteiger partial charge in [0.25, 0.3) is 0 Å². The third kappa shape index (κ3) is 2.51. The molecule has 0 spiro atoms. The van der Waals surface area contributed by atoms with Crippen LogP contribution in [-0.2, 0) is 0 Å². The van der Waals surface area contributed by atoms with E-state index in [1.807, 2.05) is 48.5 Å². The minimum Gasteiger partial charge on any atom is -0.436 e. The number of hydrogen-bond acceptors (Lipinski definition) is 4. The summed E-state index contributed by atoms with van der Waals surface area (Å²) in [6, 6.07) is 15.5. The van der Waals surface area contributed by atoms with Crippen LogP contribution in [-0.4, -0.2) is 22.7 Å². The molecular formula is C16H16N2O2. The van der Waals surface area contributed by atoms with Gasteiger partial charge in [0.05, 0.1) is 11.7 Å². The van der Waals surface area contributed by atoms with E-state index in [0.717, 1.165) is 22.4 Å². The van der Waals surface area contributed by atoms with Crippen LogP contribution in [0.2, 0.25) is 0 Å². The van der Waals surface area contributed by atoms with E-state index in [4.69, 9.17) is 4.42 Å². The van der Waals surface area contributed by atoms with Crippen molar-refractivity contribution in [2.24, 2.45) is 0 Å². The first-order valence-corrected chi connectivity index (χ1v) is 6.61. The number of aromatic nitrogens is 1. The van der Waals surface area contributed by atoms with Crippen molar-refractivity contribution in [1.29, 1.82) is 0 Å². The molecule has 20 heavy (non-hydrogen) atoms. The lowest BCUT2D eigenvalue weighted by atomic mass is 10.1. The van der Waals surface area contributed by atoms with Gasteiger partial charge in [-0.2, -0.15) is 0 Å². The average Bonchev–Trinajstić information content (AvgIpc) is 2.89. The molecule has 102 valence electrons. The quantitative estimate of drug-likeness (QED) is 0.762. The second-order valence-corrected chi connectivity index (χ2v) is 4.76. The molecule has 3 rings (SSSR count). The molecule has 0 saturated carbocycles. The maximum atomic E-state index is 9.39. The van der Waals surface area contributed by atoms with Crippen LogP contribution in [0.1, 0.15) is 6.92 Å². The first kappa shape index (κ1) is 12.7. The van der Waals surface area contributed by atoms with Crippen molar-refractivity contribution in [3.05, 3.63) is 48.5 Å². The van der Waals surface area contributed by atoms with Crippen molar-refractivity contribution in [1.82, 2.24) is 4.98 Å². The topological polar surface area (TPSA) is 58.3 Å². The average molecular weight is 268 g/mol. The van der Waals surface area contributed by atoms with Crippen LogP contribution in [0.3, 0.4) is 0 Å². The fourth-order valence-corrected chi connectivity index (χ4v) is 2.07. The summed E-state index contributed by atoms with van der Waals surface area (Å²) >= 11 is 0. The summed E-state index contributed by atoms with van der Waals surface area (Å²) in [7, 11) is 0. The summed E-state index contributed by atoms with van der Waals surface area (Å²) in [5, 5.41) is 12.6. The predicted octanol–water partition coefficient (Wildman–Crippen LogP) is 3.29. The normalized spacial score (nSPS) is 12.5. The van der Waals surface area contributed by atoms with Gasteiger partial charge in [-0.05, 0) is 31.2 Å². The molecule has 0 fully saturated rings. The number of para-hydroxylation sites is 3. The van der Waals surface area contributed by atoms with Crippen LogP contribution in [0, 0.1) is 0 Å². The van der Waals surface area contributed by atoms with Gasteiger partial charge in [-0.15, -0.1) is 0 Å². The van der Waals surface area contributed by atoms with Crippen molar-refractivity contribution in [2.75, 3.05) is 11.9 Å². The Morgan fingerprint density at radius 3 is 2.70 bits per heavy atom. The highest BCUT2D eigenvalue weighted by atomic mass is 16.3. The molecule has 4 heteroatoms. The molecule has 0 aliphatic rings. The zero-order chi connectivity index (χ0) is 13.9. The third-order valence-electron chi connectivity index (χ3n) is 3.04. The summed E-state index contributed by atoms with van der Waals surface area (Å²) in [5.41, 5.74) is 3.41. The molecule has 2 N–H and O–H groups in total. The number of nitrogens with one attached hydrogen (secondary N) is 1. The number of anilines is 1. The molecule has 0 aliphatic carbocycles. The minimum atomic E-state index is -0.410. The summed E-state index contributed by atoms with van der Waals surface area (Å²) in [5.74, 6) is 0.583. The molecule has 1 heterocycles. The van der Waals surface area contributed by atoms with E-state index in [1.54, 1.807) is 6.92 Å². The van der Waals surface area contributed by atoms with Gasteiger partial charge in [0, 0.05) is 12.2 Å². The Kier molecular flexibility index (Phi) is 3.39. The minimum absolute atomic E-state index is 0.410. The highest BCUT2D eigenvalue weighted by Crippen LogP contribution is 2.29. The zero-order valence-corrected chi connectivity index (χ0v) is 11.2. The largest absolute Gasteiger partial charge is 0.436 e. The highest BCUT2D eigenvalue weighted by Gasteiger charge is 2.11. The maximum absolute atomic E-state index is 9.39. The molecule has 3 aromatic rings. The van der Waals surface area contributed by atoms with Gasteiger partial charge >= 0.3 is 0 Å². The van der Waals surface area contributed by atoms with E-state index in [0.29, 0.717) is 12.4 Å². The Morgan fingerprint density at radius 2 is 1.90 bits per heavy atom. The standard InChI is InChI=1S/C16H16N2O2/c1-11(19)10-17-13-7-3-2-6-12(13)16-18-14-8-4-5-9-15(14)20-16/h2-9,11,17,19H,10H2,1H3. The number of rotatable bonds is 4. The van der Waals surface area contributed by atoms with Crippen molar-refractivity contribution in [2.45, 2.75) is 13.0 Å². The zero-order valence-electron chi connectivity index (χ0n) is 11.2. The third-order valence-corrected chi connectivity index (χ3v) is 3.04. The number of fused-ring (bicyclic) bond motifs is 1. The fourth-order valence-electron chi connectivity index (χ4n) is 2.07. The molecule has 1 unspecified atom stereocenters. The molecular weight excluding hydrogens is 252 g/mol. The Morgan fingerprint density at radius 1 is 1.15 bits per heavy atom. The molecule has 0 radical (unpaired) electrons. The maximum Gasteiger partial charge on any atom is 0.229 e. The van der Waals surface area contributed by atoms with Gasteiger partial charge in [-0.25, -0.2) is 4.98 Å². The lowest BCUT2D eigenvalue weighted by molar-refractivity contribution is 0.208. The monoisotopic (exact) mass is 268 g/mol. The second-order valence-electron chi connectivity index (χ2n) is 4.76. The van der Waals surface area contributed by atoms with Gasteiger partial charge in [-0.3, -0.25) is 0 Å². The van der Waals surface area contributed by atoms with E-state index < -0.39 is 6.10 Å². The van der Waals surface area contributed by atoms with Gasteiger partial charge < -0.3 is 14.8 Å². The molecule has 1 atom stereocenters. The molecule has 0 amide bonds. The van der Waals surface area contributed by atoms with E-state index >= 15 is 0 Å². The van der Waals surface area contributed by atoms with Crippen molar-refractivity contribution >= 4 is 16.8 Å². The lowest BCUT2D eigenvalue weighted by Crippen LogP contribution is -2.15. The molecule has 0 saturated heterocycles. The van der Waals surface area contributed by atoms with Crippen LogP contribution in [0.5, 0.6) is 0 Å². The molecule has 0 bridgehead atoms. The van der Waals surface area contributed by atoms with Crippen molar-refractivity contribution in [3.63, 3.8) is 0 Å². The first-order chi connectivity index (χ1) is 9.74. The van der Waals surface area contributed by atoms with Crippen molar-refractivity contribution < 1.29 is 9.52 Å². The fraction of sp³-hybridized carbons (Fsp3) is 0.188. The van der Waals surface area contributed by atoms with Gasteiger partial charge in [-0.1, -0.05) is 24.3 Å². The number of hydrogen-bond donors (Lipinski definition) is 2. The summed E-state index contributed by atoms with van der Waals surface area (Å²) in [6.07, 6.45) is -0.410. The lowest BCUT2D eigenvalue weighted by Gasteiger charge is -2.11. The number of aliphatic hydroxyl groups excluding tert-OH is 1. The number of benzene rings is 2. The number of oxazole rings is 1. The number of nitrogens with zero attached hydrogens (tertiary/aromatic N) is 1. The molecule has 0 aliphatic heterocycles. The Balaban J connectivity index is 2.00. The smallest absolute Gasteiger partial charge is 0.229 e. The molecule has 1 aromatic heterocycles. The Hall–Kier alpha value is -2.33. The molecule has 2 aromatic carbocycles. The van der Waals surface area contributed by atoms with E-state index in [9.17, 15) is 5.11 Å². The highest BCUT2D eigenvalue weighted by molar-refractivity contribution is 5.80.